The number of hydrogen-bond donors (Lipinski definition) is 1. The van der Waals surface area contributed by atoms with Gasteiger partial charge in [0.2, 0.25) is 0 Å². The summed E-state index contributed by atoms with van der Waals surface area (Å²) >= 11 is 0. The van der Waals surface area contributed by atoms with E-state index >= 15 is 0 Å². The van der Waals surface area contributed by atoms with Gasteiger partial charge in [0.05, 0.1) is 11.6 Å². The average Bonchev–Trinajstić information content (AvgIpc) is 3.44. The molecule has 0 bridgehead atoms. The topological polar surface area (TPSA) is 79.2 Å². The van der Waals surface area contributed by atoms with Crippen LogP contribution in [0.3, 0.4) is 0 Å². The van der Waals surface area contributed by atoms with E-state index < -0.39 is 17.4 Å². The maximum absolute atomic E-state index is 12.1. The molecule has 1 atom stereocenters. The molecule has 0 aromatic heterocycles. The lowest BCUT2D eigenvalue weighted by atomic mass is 9.90. The van der Waals surface area contributed by atoms with Crippen LogP contribution in [0.2, 0.25) is 0 Å². The molecule has 5 heteroatoms. The normalized spacial score (nSPS) is 18.7. The highest BCUT2D eigenvalue weighted by Crippen LogP contribution is 2.39. The van der Waals surface area contributed by atoms with Crippen LogP contribution < -0.4 is 5.32 Å². The molecule has 24 heavy (non-hydrogen) atoms. The van der Waals surface area contributed by atoms with Gasteiger partial charge in [0.15, 0.2) is 6.61 Å². The van der Waals surface area contributed by atoms with Crippen LogP contribution in [0.25, 0.3) is 0 Å². The molecule has 1 aromatic rings. The van der Waals surface area contributed by atoms with E-state index in [1.54, 1.807) is 13.0 Å². The second-order valence-electron chi connectivity index (χ2n) is 6.90. The molecule has 0 unspecified atom stereocenters. The Morgan fingerprint density at radius 1 is 1.29 bits per heavy atom. The number of carbonyl (C=O) groups excluding carboxylic acids is 2. The zero-order valence-corrected chi connectivity index (χ0v) is 13.9. The van der Waals surface area contributed by atoms with Crippen LogP contribution in [-0.4, -0.2) is 24.0 Å². The average molecular weight is 326 g/mol. The van der Waals surface area contributed by atoms with E-state index in [1.807, 2.05) is 12.1 Å². The molecule has 1 aromatic carbocycles. The lowest BCUT2D eigenvalue weighted by Gasteiger charge is -2.22. The standard InChI is InChI=1S/C19H22N2O3/c1-19(12-20,16-8-9-16)21-17(22)11-24-18(23)15-7-6-13-4-2-3-5-14(13)10-15/h6-7,10,16H,2-5,8-9,11H2,1H3,(H,21,22)/t19-/m1/s1. The first-order valence-corrected chi connectivity index (χ1v) is 8.53. The summed E-state index contributed by atoms with van der Waals surface area (Å²) in [6, 6.07) is 7.76. The van der Waals surface area contributed by atoms with Gasteiger partial charge in [-0.1, -0.05) is 6.07 Å². The minimum absolute atomic E-state index is 0.197. The fraction of sp³-hybridized carbons (Fsp3) is 0.526. The van der Waals surface area contributed by atoms with Crippen LogP contribution in [0.1, 0.15) is 54.1 Å². The molecule has 1 fully saturated rings. The molecule has 0 spiro atoms. The molecule has 3 rings (SSSR count). The first kappa shape index (κ1) is 16.5. The highest BCUT2D eigenvalue weighted by Gasteiger charge is 2.43. The van der Waals surface area contributed by atoms with E-state index in [2.05, 4.69) is 11.4 Å². The van der Waals surface area contributed by atoms with E-state index in [1.165, 1.54) is 17.5 Å². The molecular weight excluding hydrogens is 304 g/mol. The van der Waals surface area contributed by atoms with Crippen LogP contribution in [0, 0.1) is 17.2 Å². The van der Waals surface area contributed by atoms with Gasteiger partial charge in [-0.3, -0.25) is 4.79 Å². The number of nitrogens with one attached hydrogen (secondary N) is 1. The molecule has 2 aliphatic carbocycles. The number of nitrogens with zero attached hydrogens (tertiary/aromatic N) is 1. The van der Waals surface area contributed by atoms with Crippen LogP contribution in [0.15, 0.2) is 18.2 Å². The summed E-state index contributed by atoms with van der Waals surface area (Å²) in [5.41, 5.74) is 2.11. The molecule has 5 nitrogen and oxygen atoms in total. The molecule has 126 valence electrons. The molecule has 1 N–H and O–H groups in total. The number of nitriles is 1. The number of aryl methyl sites for hydroxylation is 2. The van der Waals surface area contributed by atoms with Crippen molar-refractivity contribution >= 4 is 11.9 Å². The van der Waals surface area contributed by atoms with Gasteiger partial charge in [-0.2, -0.15) is 5.26 Å². The Morgan fingerprint density at radius 2 is 2.00 bits per heavy atom. The number of fused-ring (bicyclic) bond motifs is 1. The maximum atomic E-state index is 12.1. The highest BCUT2D eigenvalue weighted by atomic mass is 16.5. The number of hydrogen-bond acceptors (Lipinski definition) is 4. The Hall–Kier alpha value is -2.35. The lowest BCUT2D eigenvalue weighted by Crippen LogP contribution is -2.48. The first-order valence-electron chi connectivity index (χ1n) is 8.53. The summed E-state index contributed by atoms with van der Waals surface area (Å²) in [5.74, 6) is -0.733. The van der Waals surface area contributed by atoms with Gasteiger partial charge >= 0.3 is 5.97 Å². The van der Waals surface area contributed by atoms with E-state index in [0.717, 1.165) is 32.1 Å². The number of carbonyl (C=O) groups is 2. The smallest absolute Gasteiger partial charge is 0.338 e. The Morgan fingerprint density at radius 3 is 2.67 bits per heavy atom. The van der Waals surface area contributed by atoms with Gasteiger partial charge in [-0.05, 0) is 74.6 Å². The van der Waals surface area contributed by atoms with Gasteiger partial charge < -0.3 is 10.1 Å². The Labute approximate surface area is 142 Å². The monoisotopic (exact) mass is 326 g/mol. The fourth-order valence-electron chi connectivity index (χ4n) is 3.28. The van der Waals surface area contributed by atoms with E-state index in [9.17, 15) is 14.9 Å². The minimum atomic E-state index is -0.866. The number of benzene rings is 1. The lowest BCUT2D eigenvalue weighted by molar-refractivity contribution is -0.125. The predicted octanol–water partition coefficient (Wildman–Crippen LogP) is 2.53. The largest absolute Gasteiger partial charge is 0.452 e. The van der Waals surface area contributed by atoms with Crippen molar-refractivity contribution in [3.63, 3.8) is 0 Å². The molecule has 1 amide bonds. The number of rotatable bonds is 5. The van der Waals surface area contributed by atoms with Crippen molar-refractivity contribution in [1.82, 2.24) is 5.32 Å². The number of ether oxygens (including phenoxy) is 1. The molecule has 2 aliphatic rings. The summed E-state index contributed by atoms with van der Waals surface area (Å²) < 4.78 is 5.11. The van der Waals surface area contributed by atoms with Crippen molar-refractivity contribution in [2.24, 2.45) is 5.92 Å². The van der Waals surface area contributed by atoms with Crippen molar-refractivity contribution in [2.45, 2.75) is 51.0 Å². The molecule has 0 radical (unpaired) electrons. The zero-order chi connectivity index (χ0) is 17.2. The molecule has 0 saturated heterocycles. The van der Waals surface area contributed by atoms with E-state index in [0.29, 0.717) is 5.56 Å². The van der Waals surface area contributed by atoms with Gasteiger partial charge in [0, 0.05) is 0 Å². The second kappa shape index (κ2) is 6.64. The summed E-state index contributed by atoms with van der Waals surface area (Å²) in [6.45, 7) is 1.35. The Bertz CT molecular complexity index is 703. The Balaban J connectivity index is 1.55. The van der Waals surface area contributed by atoms with Gasteiger partial charge in [-0.25, -0.2) is 4.79 Å². The summed E-state index contributed by atoms with van der Waals surface area (Å²) in [6.07, 6.45) is 6.26. The predicted molar refractivity (Wildman–Crippen MR) is 88.3 cm³/mol. The molecular formula is C19H22N2O3. The maximum Gasteiger partial charge on any atom is 0.338 e. The molecule has 0 heterocycles. The summed E-state index contributed by atoms with van der Waals surface area (Å²) in [4.78, 5) is 24.1. The highest BCUT2D eigenvalue weighted by molar-refractivity contribution is 5.91. The first-order chi connectivity index (χ1) is 11.5. The van der Waals surface area contributed by atoms with Gasteiger partial charge in [-0.15, -0.1) is 0 Å². The second-order valence-corrected chi connectivity index (χ2v) is 6.90. The van der Waals surface area contributed by atoms with Gasteiger partial charge in [0.1, 0.15) is 5.54 Å². The zero-order valence-electron chi connectivity index (χ0n) is 13.9. The third-order valence-corrected chi connectivity index (χ3v) is 4.94. The summed E-state index contributed by atoms with van der Waals surface area (Å²) in [7, 11) is 0. The van der Waals surface area contributed by atoms with Gasteiger partial charge in [0.25, 0.3) is 5.91 Å². The van der Waals surface area contributed by atoms with Crippen molar-refractivity contribution < 1.29 is 14.3 Å². The van der Waals surface area contributed by atoms with Crippen molar-refractivity contribution in [1.29, 1.82) is 5.26 Å². The SMILES string of the molecule is C[C@](C#N)(NC(=O)COC(=O)c1ccc2c(c1)CCCC2)C1CC1. The third-order valence-electron chi connectivity index (χ3n) is 4.94. The quantitative estimate of drug-likeness (QED) is 0.843. The van der Waals surface area contributed by atoms with E-state index in [4.69, 9.17) is 4.74 Å². The van der Waals surface area contributed by atoms with Crippen LogP contribution in [0.4, 0.5) is 0 Å². The van der Waals surface area contributed by atoms with E-state index in [-0.39, 0.29) is 12.5 Å². The summed E-state index contributed by atoms with van der Waals surface area (Å²) in [5, 5.41) is 11.9. The van der Waals surface area contributed by atoms with Crippen molar-refractivity contribution in [3.8, 4) is 6.07 Å². The number of esters is 1. The van der Waals surface area contributed by atoms with Crippen LogP contribution >= 0.6 is 0 Å². The Kier molecular flexibility index (Phi) is 4.57. The van der Waals surface area contributed by atoms with Crippen LogP contribution in [0.5, 0.6) is 0 Å². The van der Waals surface area contributed by atoms with Crippen LogP contribution in [-0.2, 0) is 22.4 Å². The van der Waals surface area contributed by atoms with Crippen molar-refractivity contribution in [3.05, 3.63) is 34.9 Å². The van der Waals surface area contributed by atoms with Crippen molar-refractivity contribution in [2.75, 3.05) is 6.61 Å². The third kappa shape index (κ3) is 3.59. The fourth-order valence-corrected chi connectivity index (χ4v) is 3.28. The molecule has 0 aliphatic heterocycles. The number of amides is 1. The minimum Gasteiger partial charge on any atom is -0.452 e. The molecule has 1 saturated carbocycles.